The summed E-state index contributed by atoms with van der Waals surface area (Å²) in [5.74, 6) is 1.36. The fourth-order valence-electron chi connectivity index (χ4n) is 1.11. The molecule has 0 fully saturated rings. The van der Waals surface area contributed by atoms with Crippen molar-refractivity contribution in [1.29, 1.82) is 0 Å². The van der Waals surface area contributed by atoms with Crippen molar-refractivity contribution in [3.05, 3.63) is 24.3 Å². The van der Waals surface area contributed by atoms with Crippen LogP contribution in [0, 0.1) is 0 Å². The molecule has 0 atom stereocenters. The number of hydrogen-bond acceptors (Lipinski definition) is 4. The summed E-state index contributed by atoms with van der Waals surface area (Å²) in [4.78, 5) is 12.5. The number of rotatable bonds is 5. The van der Waals surface area contributed by atoms with Crippen LogP contribution in [0.25, 0.3) is 0 Å². The smallest absolute Gasteiger partial charge is 0.276 e. The number of nitrogens with one attached hydrogen (secondary N) is 2. The van der Waals surface area contributed by atoms with Gasteiger partial charge in [0.15, 0.2) is 6.61 Å². The number of thioether (sulfide) groups is 1. The first kappa shape index (κ1) is 15.1. The zero-order valence-electron chi connectivity index (χ0n) is 9.80. The Kier molecular flexibility index (Phi) is 6.92. The monoisotopic (exact) mass is 302 g/mol. The Morgan fingerprint density at radius 3 is 2.61 bits per heavy atom. The molecule has 1 aromatic rings. The van der Waals surface area contributed by atoms with Crippen LogP contribution in [0.1, 0.15) is 6.92 Å². The molecular weight excluding hydrogens is 288 g/mol. The average Bonchev–Trinajstić information content (AvgIpc) is 2.36. The third kappa shape index (κ3) is 6.13. The zero-order chi connectivity index (χ0) is 13.4. The van der Waals surface area contributed by atoms with E-state index in [4.69, 9.17) is 4.74 Å². The second-order valence-electron chi connectivity index (χ2n) is 3.17. The molecule has 0 aliphatic carbocycles. The predicted molar refractivity (Wildman–Crippen MR) is 81.2 cm³/mol. The first-order chi connectivity index (χ1) is 8.61. The lowest BCUT2D eigenvalue weighted by Crippen LogP contribution is -2.41. The number of hydrogen-bond donors (Lipinski definition) is 3. The van der Waals surface area contributed by atoms with E-state index in [0.29, 0.717) is 5.75 Å². The molecule has 0 radical (unpaired) electrons. The van der Waals surface area contributed by atoms with Crippen molar-refractivity contribution < 1.29 is 9.53 Å². The molecule has 0 aliphatic rings. The minimum absolute atomic E-state index is 0.0797. The van der Waals surface area contributed by atoms with Crippen LogP contribution in [0.3, 0.4) is 0 Å². The van der Waals surface area contributed by atoms with Crippen molar-refractivity contribution in [1.82, 2.24) is 10.9 Å². The SMILES string of the molecule is CCSc1ccc(OCC(=O)NNC(=S)S)cc1. The van der Waals surface area contributed by atoms with Gasteiger partial charge in [-0.3, -0.25) is 15.6 Å². The maximum Gasteiger partial charge on any atom is 0.276 e. The Balaban J connectivity index is 2.34. The Hall–Kier alpha value is -0.920. The molecule has 0 unspecified atom stereocenters. The van der Waals surface area contributed by atoms with E-state index in [9.17, 15) is 4.79 Å². The first-order valence-electron chi connectivity index (χ1n) is 5.25. The summed E-state index contributed by atoms with van der Waals surface area (Å²) in [5.41, 5.74) is 4.77. The van der Waals surface area contributed by atoms with E-state index in [2.05, 4.69) is 42.6 Å². The molecule has 2 N–H and O–H groups in total. The number of hydrazine groups is 1. The molecule has 0 saturated carbocycles. The summed E-state index contributed by atoms with van der Waals surface area (Å²) in [6.45, 7) is 2.02. The molecule has 0 saturated heterocycles. The average molecular weight is 302 g/mol. The standard InChI is InChI=1S/C11H14N2O2S3/c1-2-18-9-5-3-8(4-6-9)15-7-10(14)12-13-11(16)17/h3-6H,2,7H2,1H3,(H,12,14)(H2,13,16,17). The van der Waals surface area contributed by atoms with Gasteiger partial charge in [0.2, 0.25) is 0 Å². The van der Waals surface area contributed by atoms with Gasteiger partial charge in [-0.05, 0) is 30.0 Å². The highest BCUT2D eigenvalue weighted by Gasteiger charge is 2.02. The molecule has 98 valence electrons. The molecule has 0 bridgehead atoms. The van der Waals surface area contributed by atoms with Gasteiger partial charge in [-0.25, -0.2) is 0 Å². The van der Waals surface area contributed by atoms with Crippen molar-refractivity contribution in [2.24, 2.45) is 0 Å². The molecule has 1 amide bonds. The third-order valence-corrected chi connectivity index (χ3v) is 2.92. The third-order valence-electron chi connectivity index (χ3n) is 1.81. The van der Waals surface area contributed by atoms with Crippen LogP contribution >= 0.6 is 36.6 Å². The molecule has 7 heteroatoms. The lowest BCUT2D eigenvalue weighted by Gasteiger charge is -2.08. The number of thiol groups is 1. The number of benzene rings is 1. The topological polar surface area (TPSA) is 50.4 Å². The predicted octanol–water partition coefficient (Wildman–Crippen LogP) is 2.01. The van der Waals surface area contributed by atoms with Crippen LogP contribution in [0.15, 0.2) is 29.2 Å². The van der Waals surface area contributed by atoms with E-state index in [1.807, 2.05) is 24.3 Å². The van der Waals surface area contributed by atoms with E-state index in [-0.39, 0.29) is 16.8 Å². The summed E-state index contributed by atoms with van der Waals surface area (Å²) >= 11 is 10.2. The number of thiocarbonyl (C=S) groups is 1. The van der Waals surface area contributed by atoms with Crippen molar-refractivity contribution in [3.8, 4) is 5.75 Å². The fourth-order valence-corrected chi connectivity index (χ4v) is 1.88. The van der Waals surface area contributed by atoms with Crippen LogP contribution in [0.5, 0.6) is 5.75 Å². The molecule has 0 heterocycles. The van der Waals surface area contributed by atoms with Gasteiger partial charge >= 0.3 is 0 Å². The van der Waals surface area contributed by atoms with Crippen LogP contribution in [0.4, 0.5) is 0 Å². The molecule has 1 rings (SSSR count). The van der Waals surface area contributed by atoms with Gasteiger partial charge in [-0.15, -0.1) is 24.4 Å². The molecule has 0 aromatic heterocycles. The summed E-state index contributed by atoms with van der Waals surface area (Å²) in [7, 11) is 0. The number of amides is 1. The second-order valence-corrected chi connectivity index (χ2v) is 5.67. The van der Waals surface area contributed by atoms with Gasteiger partial charge in [0, 0.05) is 4.90 Å². The van der Waals surface area contributed by atoms with E-state index >= 15 is 0 Å². The number of carbonyl (C=O) groups is 1. The van der Waals surface area contributed by atoms with Gasteiger partial charge in [0.05, 0.1) is 0 Å². The maximum atomic E-state index is 11.3. The zero-order valence-corrected chi connectivity index (χ0v) is 12.3. The molecule has 0 aliphatic heterocycles. The molecule has 18 heavy (non-hydrogen) atoms. The van der Waals surface area contributed by atoms with Crippen LogP contribution in [0.2, 0.25) is 0 Å². The van der Waals surface area contributed by atoms with Gasteiger partial charge in [0.25, 0.3) is 5.91 Å². The summed E-state index contributed by atoms with van der Waals surface area (Å²) in [5, 5.41) is 0. The van der Waals surface area contributed by atoms with Crippen molar-refractivity contribution in [2.45, 2.75) is 11.8 Å². The highest BCUT2D eigenvalue weighted by atomic mass is 32.2. The van der Waals surface area contributed by atoms with E-state index < -0.39 is 0 Å². The van der Waals surface area contributed by atoms with Gasteiger partial charge in [-0.2, -0.15) is 0 Å². The van der Waals surface area contributed by atoms with Gasteiger partial charge in [0.1, 0.15) is 10.1 Å². The molecule has 4 nitrogen and oxygen atoms in total. The Labute approximate surface area is 121 Å². The lowest BCUT2D eigenvalue weighted by atomic mass is 10.3. The van der Waals surface area contributed by atoms with E-state index in [1.165, 1.54) is 4.90 Å². The molecular formula is C11H14N2O2S3. The summed E-state index contributed by atoms with van der Waals surface area (Å²) in [6.07, 6.45) is 0. The number of carbonyl (C=O) groups excluding carboxylic acids is 1. The van der Waals surface area contributed by atoms with Crippen LogP contribution < -0.4 is 15.6 Å². The Bertz CT molecular complexity index is 409. The molecule has 1 aromatic carbocycles. The summed E-state index contributed by atoms with van der Waals surface area (Å²) in [6, 6.07) is 7.59. The first-order valence-corrected chi connectivity index (χ1v) is 7.09. The van der Waals surface area contributed by atoms with Gasteiger partial charge in [-0.1, -0.05) is 19.1 Å². The molecule has 0 spiro atoms. The summed E-state index contributed by atoms with van der Waals surface area (Å²) < 4.78 is 5.50. The van der Waals surface area contributed by atoms with Crippen LogP contribution in [-0.4, -0.2) is 22.6 Å². The largest absolute Gasteiger partial charge is 0.484 e. The minimum Gasteiger partial charge on any atom is -0.484 e. The van der Waals surface area contributed by atoms with Crippen LogP contribution in [-0.2, 0) is 4.79 Å². The maximum absolute atomic E-state index is 11.3. The van der Waals surface area contributed by atoms with Crippen molar-refractivity contribution in [3.63, 3.8) is 0 Å². The highest BCUT2D eigenvalue weighted by molar-refractivity contribution is 8.11. The fraction of sp³-hybridized carbons (Fsp3) is 0.273. The highest BCUT2D eigenvalue weighted by Crippen LogP contribution is 2.20. The second kappa shape index (κ2) is 8.23. The number of ether oxygens (including phenoxy) is 1. The van der Waals surface area contributed by atoms with E-state index in [0.717, 1.165) is 5.75 Å². The quantitative estimate of drug-likeness (QED) is 0.336. The minimum atomic E-state index is -0.321. The van der Waals surface area contributed by atoms with E-state index in [1.54, 1.807) is 11.8 Å². The van der Waals surface area contributed by atoms with Crippen molar-refractivity contribution in [2.75, 3.05) is 12.4 Å². The Morgan fingerprint density at radius 2 is 2.06 bits per heavy atom. The lowest BCUT2D eigenvalue weighted by molar-refractivity contribution is -0.123. The Morgan fingerprint density at radius 1 is 1.39 bits per heavy atom. The van der Waals surface area contributed by atoms with Crippen molar-refractivity contribution >= 4 is 46.8 Å². The normalized spacial score (nSPS) is 9.67. The van der Waals surface area contributed by atoms with Gasteiger partial charge < -0.3 is 4.74 Å².